The van der Waals surface area contributed by atoms with E-state index in [1.165, 1.54) is 0 Å². The van der Waals surface area contributed by atoms with Crippen LogP contribution in [-0.2, 0) is 6.42 Å². The van der Waals surface area contributed by atoms with Crippen LogP contribution in [0.15, 0.2) is 47.2 Å². The van der Waals surface area contributed by atoms with Gasteiger partial charge in [0.1, 0.15) is 0 Å². The van der Waals surface area contributed by atoms with E-state index in [-0.39, 0.29) is 6.04 Å². The molecule has 2 heterocycles. The van der Waals surface area contributed by atoms with Gasteiger partial charge in [-0.3, -0.25) is 0 Å². The lowest BCUT2D eigenvalue weighted by Crippen LogP contribution is -2.13. The molecule has 19 heavy (non-hydrogen) atoms. The molecule has 0 saturated heterocycles. The highest BCUT2D eigenvalue weighted by atomic mass is 16.5. The van der Waals surface area contributed by atoms with Crippen LogP contribution in [0.25, 0.3) is 11.6 Å². The van der Waals surface area contributed by atoms with Crippen molar-refractivity contribution in [1.29, 1.82) is 0 Å². The fraction of sp³-hybridized carbons (Fsp3) is 0.154. The lowest BCUT2D eigenvalue weighted by atomic mass is 10.1. The fourth-order valence-electron chi connectivity index (χ4n) is 1.83. The first kappa shape index (κ1) is 11.6. The molecule has 1 unspecified atom stereocenters. The van der Waals surface area contributed by atoms with Gasteiger partial charge in [-0.1, -0.05) is 35.5 Å². The number of hydrogen-bond acceptors (Lipinski definition) is 5. The molecule has 0 aliphatic carbocycles. The first-order valence-corrected chi connectivity index (χ1v) is 5.96. The van der Waals surface area contributed by atoms with E-state index >= 15 is 0 Å². The van der Waals surface area contributed by atoms with Crippen LogP contribution in [0.1, 0.15) is 17.5 Å². The Hall–Kier alpha value is -2.47. The number of imidazole rings is 1. The van der Waals surface area contributed by atoms with E-state index in [1.54, 1.807) is 12.4 Å². The molecule has 3 N–H and O–H groups in total. The Kier molecular flexibility index (Phi) is 3.07. The van der Waals surface area contributed by atoms with Crippen molar-refractivity contribution in [3.8, 4) is 11.6 Å². The maximum absolute atomic E-state index is 6.10. The molecule has 2 aromatic heterocycles. The van der Waals surface area contributed by atoms with E-state index in [2.05, 4.69) is 20.1 Å². The predicted octanol–water partition coefficient (Wildman–Crippen LogP) is 1.70. The molecule has 0 fully saturated rings. The number of nitrogens with two attached hydrogens (primary N) is 1. The summed E-state index contributed by atoms with van der Waals surface area (Å²) in [6.07, 6.45) is 3.85. The van der Waals surface area contributed by atoms with Crippen molar-refractivity contribution in [2.24, 2.45) is 5.73 Å². The number of aromatic amines is 1. The molecular weight excluding hydrogens is 242 g/mol. The van der Waals surface area contributed by atoms with Gasteiger partial charge in [0.05, 0.1) is 0 Å². The maximum Gasteiger partial charge on any atom is 0.238 e. The van der Waals surface area contributed by atoms with Crippen LogP contribution in [0.3, 0.4) is 0 Å². The summed E-state index contributed by atoms with van der Waals surface area (Å²) in [6.45, 7) is 0. The molecule has 3 rings (SSSR count). The number of rotatable bonds is 4. The van der Waals surface area contributed by atoms with Gasteiger partial charge in [-0.25, -0.2) is 4.98 Å². The summed E-state index contributed by atoms with van der Waals surface area (Å²) in [7, 11) is 0. The second-order valence-electron chi connectivity index (χ2n) is 4.17. The lowest BCUT2D eigenvalue weighted by Gasteiger charge is -2.08. The van der Waals surface area contributed by atoms with Gasteiger partial charge >= 0.3 is 0 Å². The highest BCUT2D eigenvalue weighted by molar-refractivity contribution is 5.40. The van der Waals surface area contributed by atoms with Crippen LogP contribution in [0.4, 0.5) is 0 Å². The Morgan fingerprint density at radius 1 is 1.26 bits per heavy atom. The Bertz CT molecular complexity index is 632. The van der Waals surface area contributed by atoms with Gasteiger partial charge in [-0.15, -0.1) is 0 Å². The van der Waals surface area contributed by atoms with E-state index in [1.807, 2.05) is 30.3 Å². The Labute approximate surface area is 109 Å². The van der Waals surface area contributed by atoms with E-state index < -0.39 is 0 Å². The summed E-state index contributed by atoms with van der Waals surface area (Å²) in [5.41, 5.74) is 7.15. The summed E-state index contributed by atoms with van der Waals surface area (Å²) >= 11 is 0. The second kappa shape index (κ2) is 5.03. The molecule has 0 amide bonds. The van der Waals surface area contributed by atoms with Crippen molar-refractivity contribution in [3.63, 3.8) is 0 Å². The zero-order valence-electron chi connectivity index (χ0n) is 10.2. The SMILES string of the molecule is NC(Cc1nc(-c2ncc[nH]2)no1)c1ccccc1. The molecule has 0 radical (unpaired) electrons. The van der Waals surface area contributed by atoms with Crippen molar-refractivity contribution >= 4 is 0 Å². The molecule has 1 aromatic carbocycles. The smallest absolute Gasteiger partial charge is 0.238 e. The van der Waals surface area contributed by atoms with Gasteiger partial charge < -0.3 is 15.2 Å². The molecule has 0 saturated carbocycles. The minimum atomic E-state index is -0.161. The van der Waals surface area contributed by atoms with Gasteiger partial charge in [0.2, 0.25) is 11.7 Å². The molecule has 96 valence electrons. The molecule has 6 nitrogen and oxygen atoms in total. The number of hydrogen-bond donors (Lipinski definition) is 2. The van der Waals surface area contributed by atoms with E-state index in [0.29, 0.717) is 24.0 Å². The van der Waals surface area contributed by atoms with Gasteiger partial charge in [0, 0.05) is 24.9 Å². The second-order valence-corrected chi connectivity index (χ2v) is 4.17. The highest BCUT2D eigenvalue weighted by Gasteiger charge is 2.14. The van der Waals surface area contributed by atoms with E-state index in [0.717, 1.165) is 5.56 Å². The molecule has 3 aromatic rings. The number of nitrogens with zero attached hydrogens (tertiary/aromatic N) is 3. The molecule has 0 aliphatic rings. The third kappa shape index (κ3) is 2.53. The summed E-state index contributed by atoms with van der Waals surface area (Å²) < 4.78 is 5.18. The van der Waals surface area contributed by atoms with Crippen molar-refractivity contribution in [1.82, 2.24) is 20.1 Å². The van der Waals surface area contributed by atoms with Crippen molar-refractivity contribution < 1.29 is 4.52 Å². The molecule has 0 spiro atoms. The Morgan fingerprint density at radius 2 is 2.11 bits per heavy atom. The molecular formula is C13H13N5O. The van der Waals surface area contributed by atoms with Gasteiger partial charge in [0.25, 0.3) is 0 Å². The van der Waals surface area contributed by atoms with Crippen LogP contribution < -0.4 is 5.73 Å². The highest BCUT2D eigenvalue weighted by Crippen LogP contribution is 2.16. The summed E-state index contributed by atoms with van der Waals surface area (Å²) in [5, 5.41) is 3.87. The van der Waals surface area contributed by atoms with Gasteiger partial charge in [0.15, 0.2) is 5.82 Å². The largest absolute Gasteiger partial charge is 0.342 e. The zero-order chi connectivity index (χ0) is 13.1. The third-order valence-electron chi connectivity index (χ3n) is 2.80. The van der Waals surface area contributed by atoms with E-state index in [4.69, 9.17) is 10.3 Å². The van der Waals surface area contributed by atoms with E-state index in [9.17, 15) is 0 Å². The van der Waals surface area contributed by atoms with Crippen LogP contribution >= 0.6 is 0 Å². The average Bonchev–Trinajstić information content (AvgIpc) is 3.10. The van der Waals surface area contributed by atoms with Crippen molar-refractivity contribution in [2.75, 3.05) is 0 Å². The first-order chi connectivity index (χ1) is 9.33. The summed E-state index contributed by atoms with van der Waals surface area (Å²) in [5.74, 6) is 1.53. The standard InChI is InChI=1S/C13H13N5O/c14-10(9-4-2-1-3-5-9)8-11-17-13(18-19-11)12-15-6-7-16-12/h1-7,10H,8,14H2,(H,15,16). The average molecular weight is 255 g/mol. The monoisotopic (exact) mass is 255 g/mol. The van der Waals surface area contributed by atoms with Crippen molar-refractivity contribution in [3.05, 3.63) is 54.2 Å². The Morgan fingerprint density at radius 3 is 2.84 bits per heavy atom. The van der Waals surface area contributed by atoms with Crippen LogP contribution in [-0.4, -0.2) is 20.1 Å². The fourth-order valence-corrected chi connectivity index (χ4v) is 1.83. The first-order valence-electron chi connectivity index (χ1n) is 5.96. The minimum absolute atomic E-state index is 0.161. The predicted molar refractivity (Wildman–Crippen MR) is 69.0 cm³/mol. The number of H-pyrrole nitrogens is 1. The zero-order valence-corrected chi connectivity index (χ0v) is 10.2. The van der Waals surface area contributed by atoms with Gasteiger partial charge in [-0.2, -0.15) is 4.98 Å². The summed E-state index contributed by atoms with van der Waals surface area (Å²) in [6, 6.07) is 9.67. The molecule has 0 bridgehead atoms. The Balaban J connectivity index is 1.74. The number of nitrogens with one attached hydrogen (secondary N) is 1. The normalized spacial score (nSPS) is 12.5. The minimum Gasteiger partial charge on any atom is -0.342 e. The quantitative estimate of drug-likeness (QED) is 0.740. The summed E-state index contributed by atoms with van der Waals surface area (Å²) in [4.78, 5) is 11.3. The molecule has 6 heteroatoms. The maximum atomic E-state index is 6.10. The topological polar surface area (TPSA) is 93.6 Å². The lowest BCUT2D eigenvalue weighted by molar-refractivity contribution is 0.370. The van der Waals surface area contributed by atoms with Crippen LogP contribution in [0.2, 0.25) is 0 Å². The number of benzene rings is 1. The third-order valence-corrected chi connectivity index (χ3v) is 2.80. The van der Waals surface area contributed by atoms with Crippen LogP contribution in [0, 0.1) is 0 Å². The number of aromatic nitrogens is 4. The molecule has 1 atom stereocenters. The van der Waals surface area contributed by atoms with Crippen molar-refractivity contribution in [2.45, 2.75) is 12.5 Å². The molecule has 0 aliphatic heterocycles. The van der Waals surface area contributed by atoms with Gasteiger partial charge in [-0.05, 0) is 5.56 Å². The van der Waals surface area contributed by atoms with Crippen LogP contribution in [0.5, 0.6) is 0 Å².